The fourth-order valence-corrected chi connectivity index (χ4v) is 4.42. The lowest BCUT2D eigenvalue weighted by Gasteiger charge is -2.24. The normalized spacial score (nSPS) is 13.1. The van der Waals surface area contributed by atoms with E-state index in [1.165, 1.54) is 18.2 Å². The summed E-state index contributed by atoms with van der Waals surface area (Å²) in [4.78, 5) is 21.1. The number of carbonyl (C=O) groups is 1. The highest BCUT2D eigenvalue weighted by atomic mass is 19.4. The SMILES string of the molecule is CN(C)Cc1cccc(-c2ccccc2C(Oc2cc(-c3ccc(C[C@H](N)C(=O)O)cc3)nc(N)n2)C(F)(F)F)c1. The van der Waals surface area contributed by atoms with Gasteiger partial charge in [-0.05, 0) is 48.8 Å². The molecule has 1 heterocycles. The Morgan fingerprint density at radius 1 is 0.951 bits per heavy atom. The predicted molar refractivity (Wildman–Crippen MR) is 150 cm³/mol. The van der Waals surface area contributed by atoms with Gasteiger partial charge in [-0.25, -0.2) is 4.98 Å². The van der Waals surface area contributed by atoms with Gasteiger partial charge in [0.1, 0.15) is 6.04 Å². The number of halogens is 3. The molecule has 11 heteroatoms. The van der Waals surface area contributed by atoms with Crippen LogP contribution in [0.3, 0.4) is 0 Å². The lowest BCUT2D eigenvalue weighted by atomic mass is 9.94. The molecule has 4 rings (SSSR count). The van der Waals surface area contributed by atoms with Crippen LogP contribution in [0.25, 0.3) is 22.4 Å². The number of ether oxygens (including phenoxy) is 1. The zero-order valence-electron chi connectivity index (χ0n) is 22.5. The van der Waals surface area contributed by atoms with Crippen molar-refractivity contribution in [3.8, 4) is 28.3 Å². The molecule has 3 aromatic carbocycles. The van der Waals surface area contributed by atoms with Crippen LogP contribution in [0, 0.1) is 0 Å². The molecule has 8 nitrogen and oxygen atoms in total. The maximum absolute atomic E-state index is 14.5. The van der Waals surface area contributed by atoms with E-state index < -0.39 is 24.3 Å². The summed E-state index contributed by atoms with van der Waals surface area (Å²) in [5.74, 6) is -1.73. The molecule has 0 bridgehead atoms. The highest BCUT2D eigenvalue weighted by Gasteiger charge is 2.44. The molecule has 0 saturated carbocycles. The van der Waals surface area contributed by atoms with Crippen molar-refractivity contribution in [2.75, 3.05) is 19.8 Å². The number of benzene rings is 3. The van der Waals surface area contributed by atoms with E-state index in [0.717, 1.165) is 5.56 Å². The predicted octanol–water partition coefficient (Wildman–Crippen LogP) is 5.09. The maximum atomic E-state index is 14.5. The van der Waals surface area contributed by atoms with Gasteiger partial charge in [0.15, 0.2) is 0 Å². The summed E-state index contributed by atoms with van der Waals surface area (Å²) in [7, 11) is 3.83. The Labute approximate surface area is 235 Å². The van der Waals surface area contributed by atoms with Gasteiger partial charge in [0, 0.05) is 23.7 Å². The molecule has 1 aromatic heterocycles. The Hall–Kier alpha value is -4.48. The summed E-state index contributed by atoms with van der Waals surface area (Å²) < 4.78 is 49.1. The van der Waals surface area contributed by atoms with Crippen LogP contribution in [0.4, 0.5) is 19.1 Å². The number of aromatic nitrogens is 2. The van der Waals surface area contributed by atoms with Crippen LogP contribution in [0.15, 0.2) is 78.9 Å². The topological polar surface area (TPSA) is 128 Å². The van der Waals surface area contributed by atoms with E-state index in [1.54, 1.807) is 42.5 Å². The minimum atomic E-state index is -4.78. The Kier molecular flexibility index (Phi) is 8.89. The molecule has 0 amide bonds. The number of nitrogens with zero attached hydrogens (tertiary/aromatic N) is 3. The number of anilines is 1. The number of rotatable bonds is 10. The molecule has 5 N–H and O–H groups in total. The summed E-state index contributed by atoms with van der Waals surface area (Å²) in [6, 6.07) is 20.4. The van der Waals surface area contributed by atoms with E-state index in [4.69, 9.17) is 21.3 Å². The number of carboxylic acid groups (broad SMARTS) is 1. The smallest absolute Gasteiger partial charge is 0.429 e. The van der Waals surface area contributed by atoms with Crippen molar-refractivity contribution >= 4 is 11.9 Å². The molecule has 2 atom stereocenters. The number of aliphatic carboxylic acids is 1. The van der Waals surface area contributed by atoms with E-state index >= 15 is 0 Å². The lowest BCUT2D eigenvalue weighted by Crippen LogP contribution is -2.32. The highest BCUT2D eigenvalue weighted by molar-refractivity contribution is 5.73. The third kappa shape index (κ3) is 7.59. The third-order valence-corrected chi connectivity index (χ3v) is 6.26. The van der Waals surface area contributed by atoms with Crippen LogP contribution < -0.4 is 16.2 Å². The second-order valence-corrected chi connectivity index (χ2v) is 9.86. The molecule has 0 saturated heterocycles. The summed E-state index contributed by atoms with van der Waals surface area (Å²) in [6.07, 6.45) is -7.00. The summed E-state index contributed by atoms with van der Waals surface area (Å²) in [6.45, 7) is 0.630. The molecular weight excluding hydrogens is 535 g/mol. The van der Waals surface area contributed by atoms with Crippen molar-refractivity contribution in [3.05, 3.63) is 95.6 Å². The molecule has 214 valence electrons. The van der Waals surface area contributed by atoms with Gasteiger partial charge in [-0.1, -0.05) is 66.7 Å². The van der Waals surface area contributed by atoms with Crippen LogP contribution >= 0.6 is 0 Å². The van der Waals surface area contributed by atoms with Crippen molar-refractivity contribution in [2.45, 2.75) is 31.3 Å². The molecule has 0 spiro atoms. The molecule has 0 radical (unpaired) electrons. The lowest BCUT2D eigenvalue weighted by molar-refractivity contribution is -0.198. The number of carboxylic acids is 1. The number of nitrogen functional groups attached to an aromatic ring is 1. The fraction of sp³-hybridized carbons (Fsp3) is 0.233. The third-order valence-electron chi connectivity index (χ3n) is 6.26. The molecule has 0 aliphatic rings. The first kappa shape index (κ1) is 29.5. The molecule has 0 aliphatic carbocycles. The van der Waals surface area contributed by atoms with Crippen molar-refractivity contribution in [1.29, 1.82) is 0 Å². The molecule has 1 unspecified atom stereocenters. The van der Waals surface area contributed by atoms with Crippen molar-refractivity contribution in [2.24, 2.45) is 5.73 Å². The Balaban J connectivity index is 1.67. The summed E-state index contributed by atoms with van der Waals surface area (Å²) >= 11 is 0. The van der Waals surface area contributed by atoms with Gasteiger partial charge in [0.25, 0.3) is 0 Å². The second kappa shape index (κ2) is 12.4. The van der Waals surface area contributed by atoms with Gasteiger partial charge in [0.05, 0.1) is 5.69 Å². The Bertz CT molecular complexity index is 1510. The molecule has 0 aliphatic heterocycles. The zero-order chi connectivity index (χ0) is 29.7. The van der Waals surface area contributed by atoms with Gasteiger partial charge in [-0.2, -0.15) is 18.2 Å². The number of alkyl halides is 3. The van der Waals surface area contributed by atoms with E-state index in [2.05, 4.69) is 9.97 Å². The minimum Gasteiger partial charge on any atom is -0.480 e. The van der Waals surface area contributed by atoms with Crippen molar-refractivity contribution < 1.29 is 27.8 Å². The standard InChI is InChI=1S/C30H30F3N5O3/c1-38(2)17-19-6-5-7-21(14-19)22-8-3-4-9-23(22)27(30(31,32)33)41-26-16-25(36-29(35)37-26)20-12-10-18(11-13-20)15-24(34)28(39)40/h3-14,16,24,27H,15,17,34H2,1-2H3,(H,39,40)(H2,35,36,37)/t24-,27?/m0/s1. The van der Waals surface area contributed by atoms with Gasteiger partial charge in [-0.15, -0.1) is 0 Å². The average molecular weight is 566 g/mol. The fourth-order valence-electron chi connectivity index (χ4n) is 4.42. The van der Waals surface area contributed by atoms with Gasteiger partial charge >= 0.3 is 12.1 Å². The quantitative estimate of drug-likeness (QED) is 0.243. The number of nitrogens with two attached hydrogens (primary N) is 2. The van der Waals surface area contributed by atoms with Crippen LogP contribution in [0.1, 0.15) is 22.8 Å². The van der Waals surface area contributed by atoms with Gasteiger partial charge in [0.2, 0.25) is 17.9 Å². The van der Waals surface area contributed by atoms with E-state index in [0.29, 0.717) is 28.8 Å². The number of hydrogen-bond acceptors (Lipinski definition) is 7. The van der Waals surface area contributed by atoms with Crippen molar-refractivity contribution in [3.63, 3.8) is 0 Å². The largest absolute Gasteiger partial charge is 0.480 e. The maximum Gasteiger partial charge on any atom is 0.429 e. The Morgan fingerprint density at radius 2 is 1.66 bits per heavy atom. The Morgan fingerprint density at radius 3 is 2.32 bits per heavy atom. The van der Waals surface area contributed by atoms with Crippen LogP contribution in [-0.4, -0.2) is 52.3 Å². The average Bonchev–Trinajstić information content (AvgIpc) is 2.91. The molecular formula is C30H30F3N5O3. The second-order valence-electron chi connectivity index (χ2n) is 9.86. The number of hydrogen-bond donors (Lipinski definition) is 3. The first-order chi connectivity index (χ1) is 19.4. The van der Waals surface area contributed by atoms with E-state index in [9.17, 15) is 18.0 Å². The summed E-state index contributed by atoms with van der Waals surface area (Å²) in [5, 5.41) is 9.02. The molecule has 0 fully saturated rings. The highest BCUT2D eigenvalue weighted by Crippen LogP contribution is 2.41. The van der Waals surface area contributed by atoms with Gasteiger partial charge < -0.3 is 26.2 Å². The minimum absolute atomic E-state index is 0.0696. The monoisotopic (exact) mass is 565 g/mol. The van der Waals surface area contributed by atoms with Crippen LogP contribution in [0.2, 0.25) is 0 Å². The molecule has 41 heavy (non-hydrogen) atoms. The first-order valence-corrected chi connectivity index (χ1v) is 12.7. The van der Waals surface area contributed by atoms with Crippen LogP contribution in [0.5, 0.6) is 5.88 Å². The van der Waals surface area contributed by atoms with Crippen LogP contribution in [-0.2, 0) is 17.8 Å². The first-order valence-electron chi connectivity index (χ1n) is 12.7. The molecule has 4 aromatic rings. The van der Waals surface area contributed by atoms with E-state index in [1.807, 2.05) is 37.2 Å². The summed E-state index contributed by atoms with van der Waals surface area (Å²) in [5.41, 5.74) is 14.8. The van der Waals surface area contributed by atoms with Gasteiger partial charge in [-0.3, -0.25) is 4.79 Å². The van der Waals surface area contributed by atoms with Crippen molar-refractivity contribution in [1.82, 2.24) is 14.9 Å². The zero-order valence-corrected chi connectivity index (χ0v) is 22.5. The van der Waals surface area contributed by atoms with E-state index in [-0.39, 0.29) is 29.5 Å².